The van der Waals surface area contributed by atoms with Crippen molar-refractivity contribution in [1.29, 1.82) is 0 Å². The summed E-state index contributed by atoms with van der Waals surface area (Å²) in [6.45, 7) is 5.44. The second-order valence-corrected chi connectivity index (χ2v) is 6.25. The molecular formula is C16H26Cl3N3O. The zero-order chi connectivity index (χ0) is 15.2. The van der Waals surface area contributed by atoms with Gasteiger partial charge in [-0.05, 0) is 50.4 Å². The summed E-state index contributed by atoms with van der Waals surface area (Å²) in [6, 6.07) is 7.58. The molecule has 23 heavy (non-hydrogen) atoms. The average Bonchev–Trinajstić information content (AvgIpc) is 2.48. The first kappa shape index (κ1) is 22.5. The van der Waals surface area contributed by atoms with Crippen LogP contribution in [-0.2, 0) is 11.3 Å². The summed E-state index contributed by atoms with van der Waals surface area (Å²) in [7, 11) is 0. The molecule has 2 rings (SSSR count). The molecule has 0 radical (unpaired) electrons. The van der Waals surface area contributed by atoms with Crippen LogP contribution in [-0.4, -0.2) is 36.5 Å². The number of likely N-dealkylation sites (tertiary alicyclic amines) is 1. The molecule has 0 spiro atoms. The standard InChI is InChI=1S/C16H24ClN3O.2ClH/c1-12(18)16(21)19-10-13-6-8-20(9-7-13)11-14-4-2-3-5-15(14)17;;/h2-5,12-13H,6-11,18H2,1H3,(H,19,21);2*1H/t12-;;/m1../s1. The van der Waals surface area contributed by atoms with Gasteiger partial charge in [-0.25, -0.2) is 0 Å². The zero-order valence-corrected chi connectivity index (χ0v) is 15.7. The summed E-state index contributed by atoms with van der Waals surface area (Å²) in [5.74, 6) is 0.490. The van der Waals surface area contributed by atoms with E-state index in [1.165, 1.54) is 5.56 Å². The highest BCUT2D eigenvalue weighted by atomic mass is 35.5. The maximum Gasteiger partial charge on any atom is 0.236 e. The Balaban J connectivity index is 0.00000242. The van der Waals surface area contributed by atoms with E-state index in [1.807, 2.05) is 18.2 Å². The molecule has 0 aliphatic carbocycles. The molecule has 0 saturated carbocycles. The highest BCUT2D eigenvalue weighted by Crippen LogP contribution is 2.21. The molecule has 1 fully saturated rings. The van der Waals surface area contributed by atoms with E-state index >= 15 is 0 Å². The lowest BCUT2D eigenvalue weighted by Gasteiger charge is -2.32. The van der Waals surface area contributed by atoms with Crippen molar-refractivity contribution >= 4 is 42.3 Å². The summed E-state index contributed by atoms with van der Waals surface area (Å²) < 4.78 is 0. The van der Waals surface area contributed by atoms with Crippen molar-refractivity contribution in [3.8, 4) is 0 Å². The van der Waals surface area contributed by atoms with Gasteiger partial charge in [0.05, 0.1) is 6.04 Å². The minimum Gasteiger partial charge on any atom is -0.354 e. The van der Waals surface area contributed by atoms with E-state index in [2.05, 4.69) is 16.3 Å². The third-order valence-corrected chi connectivity index (χ3v) is 4.41. The van der Waals surface area contributed by atoms with Crippen LogP contribution in [0.4, 0.5) is 0 Å². The van der Waals surface area contributed by atoms with E-state index in [0.717, 1.165) is 44.0 Å². The van der Waals surface area contributed by atoms with Crippen LogP contribution in [0.2, 0.25) is 5.02 Å². The van der Waals surface area contributed by atoms with Crippen molar-refractivity contribution < 1.29 is 4.79 Å². The Labute approximate surface area is 155 Å². The molecule has 1 aromatic carbocycles. The summed E-state index contributed by atoms with van der Waals surface area (Å²) in [6.07, 6.45) is 2.20. The van der Waals surface area contributed by atoms with Crippen molar-refractivity contribution in [2.75, 3.05) is 19.6 Å². The number of rotatable bonds is 5. The Kier molecular flexibility index (Phi) is 10.9. The molecule has 3 N–H and O–H groups in total. The molecule has 1 aliphatic rings. The number of nitrogens with two attached hydrogens (primary N) is 1. The molecular weight excluding hydrogens is 357 g/mol. The Bertz CT molecular complexity index is 477. The first-order valence-electron chi connectivity index (χ1n) is 7.55. The van der Waals surface area contributed by atoms with Gasteiger partial charge in [0, 0.05) is 18.1 Å². The number of piperidine rings is 1. The number of hydrogen-bond acceptors (Lipinski definition) is 3. The fraction of sp³-hybridized carbons (Fsp3) is 0.562. The maximum atomic E-state index is 11.5. The van der Waals surface area contributed by atoms with Crippen molar-refractivity contribution in [2.24, 2.45) is 11.7 Å². The van der Waals surface area contributed by atoms with Crippen LogP contribution in [0.15, 0.2) is 24.3 Å². The topological polar surface area (TPSA) is 58.4 Å². The van der Waals surface area contributed by atoms with Gasteiger partial charge >= 0.3 is 0 Å². The van der Waals surface area contributed by atoms with Gasteiger partial charge in [0.2, 0.25) is 5.91 Å². The molecule has 1 aromatic rings. The highest BCUT2D eigenvalue weighted by Gasteiger charge is 2.20. The summed E-state index contributed by atoms with van der Waals surface area (Å²) in [4.78, 5) is 13.9. The second-order valence-electron chi connectivity index (χ2n) is 5.84. The zero-order valence-electron chi connectivity index (χ0n) is 13.3. The molecule has 1 atom stereocenters. The third kappa shape index (κ3) is 7.27. The van der Waals surface area contributed by atoms with E-state index in [0.29, 0.717) is 5.92 Å². The van der Waals surface area contributed by atoms with Gasteiger partial charge in [-0.15, -0.1) is 24.8 Å². The molecule has 1 aliphatic heterocycles. The van der Waals surface area contributed by atoms with Crippen molar-refractivity contribution in [3.05, 3.63) is 34.9 Å². The first-order chi connectivity index (χ1) is 10.1. The smallest absolute Gasteiger partial charge is 0.236 e. The van der Waals surface area contributed by atoms with Gasteiger partial charge in [-0.2, -0.15) is 0 Å². The van der Waals surface area contributed by atoms with Crippen LogP contribution in [0.5, 0.6) is 0 Å². The molecule has 0 bridgehead atoms. The van der Waals surface area contributed by atoms with Crippen molar-refractivity contribution in [3.63, 3.8) is 0 Å². The number of amides is 1. The lowest BCUT2D eigenvalue weighted by atomic mass is 9.96. The molecule has 1 amide bonds. The molecule has 0 unspecified atom stereocenters. The first-order valence-corrected chi connectivity index (χ1v) is 7.93. The normalized spacial score (nSPS) is 16.8. The number of halogens is 3. The van der Waals surface area contributed by atoms with E-state index < -0.39 is 6.04 Å². The fourth-order valence-corrected chi connectivity index (χ4v) is 2.82. The lowest BCUT2D eigenvalue weighted by Crippen LogP contribution is -2.43. The number of benzene rings is 1. The van der Waals surface area contributed by atoms with Gasteiger partial charge in [0.25, 0.3) is 0 Å². The third-order valence-electron chi connectivity index (χ3n) is 4.04. The predicted octanol–water partition coefficient (Wildman–Crippen LogP) is 2.86. The molecule has 1 heterocycles. The quantitative estimate of drug-likeness (QED) is 0.823. The maximum absolute atomic E-state index is 11.5. The number of nitrogens with zero attached hydrogens (tertiary/aromatic N) is 1. The molecule has 7 heteroatoms. The van der Waals surface area contributed by atoms with Gasteiger partial charge < -0.3 is 11.1 Å². The second kappa shape index (κ2) is 11.1. The molecule has 0 aromatic heterocycles. The minimum atomic E-state index is -0.426. The van der Waals surface area contributed by atoms with Crippen molar-refractivity contribution in [1.82, 2.24) is 10.2 Å². The number of carbonyl (C=O) groups is 1. The van der Waals surface area contributed by atoms with Gasteiger partial charge in [0.15, 0.2) is 0 Å². The Hall–Kier alpha value is -0.520. The van der Waals surface area contributed by atoms with Crippen LogP contribution >= 0.6 is 36.4 Å². The van der Waals surface area contributed by atoms with Crippen LogP contribution in [0.3, 0.4) is 0 Å². The van der Waals surface area contributed by atoms with Gasteiger partial charge in [0.1, 0.15) is 0 Å². The van der Waals surface area contributed by atoms with Crippen LogP contribution in [0.25, 0.3) is 0 Å². The van der Waals surface area contributed by atoms with Gasteiger partial charge in [-0.1, -0.05) is 29.8 Å². The number of hydrogen-bond donors (Lipinski definition) is 2. The number of nitrogens with one attached hydrogen (secondary N) is 1. The predicted molar refractivity (Wildman–Crippen MR) is 101 cm³/mol. The highest BCUT2D eigenvalue weighted by molar-refractivity contribution is 6.31. The largest absolute Gasteiger partial charge is 0.354 e. The molecule has 1 saturated heterocycles. The Morgan fingerprint density at radius 1 is 1.35 bits per heavy atom. The Morgan fingerprint density at radius 3 is 2.52 bits per heavy atom. The SMILES string of the molecule is C[C@@H](N)C(=O)NCC1CCN(Cc2ccccc2Cl)CC1.Cl.Cl. The van der Waals surface area contributed by atoms with Crippen LogP contribution in [0.1, 0.15) is 25.3 Å². The van der Waals surface area contributed by atoms with E-state index in [4.69, 9.17) is 17.3 Å². The molecule has 4 nitrogen and oxygen atoms in total. The summed E-state index contributed by atoms with van der Waals surface area (Å²) in [5, 5.41) is 3.76. The van der Waals surface area contributed by atoms with E-state index in [1.54, 1.807) is 6.92 Å². The molecule has 132 valence electrons. The minimum absolute atomic E-state index is 0. The van der Waals surface area contributed by atoms with E-state index in [-0.39, 0.29) is 30.7 Å². The van der Waals surface area contributed by atoms with Gasteiger partial charge in [-0.3, -0.25) is 9.69 Å². The summed E-state index contributed by atoms with van der Waals surface area (Å²) in [5.41, 5.74) is 6.72. The fourth-order valence-electron chi connectivity index (χ4n) is 2.62. The lowest BCUT2D eigenvalue weighted by molar-refractivity contribution is -0.122. The van der Waals surface area contributed by atoms with Crippen LogP contribution in [0, 0.1) is 5.92 Å². The number of carbonyl (C=O) groups excluding carboxylic acids is 1. The van der Waals surface area contributed by atoms with Crippen LogP contribution < -0.4 is 11.1 Å². The van der Waals surface area contributed by atoms with E-state index in [9.17, 15) is 4.79 Å². The Morgan fingerprint density at radius 2 is 1.96 bits per heavy atom. The average molecular weight is 383 g/mol. The monoisotopic (exact) mass is 381 g/mol. The summed E-state index contributed by atoms with van der Waals surface area (Å²) >= 11 is 6.20. The van der Waals surface area contributed by atoms with Crippen molar-refractivity contribution in [2.45, 2.75) is 32.4 Å².